The molecule has 0 aliphatic carbocycles. The van der Waals surface area contributed by atoms with Gasteiger partial charge in [0.2, 0.25) is 5.91 Å². The highest BCUT2D eigenvalue weighted by molar-refractivity contribution is 5.78. The molecule has 0 aromatic heterocycles. The molecule has 82 valence electrons. The molecule has 1 amide bonds. The number of nitrogens with one attached hydrogen (secondary N) is 1. The Bertz CT molecular complexity index is 188. The number of hydrogen-bond donors (Lipinski definition) is 2. The molecule has 1 aliphatic heterocycles. The zero-order valence-electron chi connectivity index (χ0n) is 8.82. The van der Waals surface area contributed by atoms with Crippen molar-refractivity contribution in [3.05, 3.63) is 0 Å². The number of morpholine rings is 1. The first-order valence-electron chi connectivity index (χ1n) is 4.95. The number of rotatable bonds is 3. The average Bonchev–Trinajstić information content (AvgIpc) is 2.12. The quantitative estimate of drug-likeness (QED) is 0.582. The van der Waals surface area contributed by atoms with Gasteiger partial charge in [-0.25, -0.2) is 0 Å². The van der Waals surface area contributed by atoms with Gasteiger partial charge in [-0.2, -0.15) is 0 Å². The van der Waals surface area contributed by atoms with Crippen LogP contribution in [-0.2, 0) is 9.53 Å². The Labute approximate surface area is 84.6 Å². The molecule has 0 bridgehead atoms. The number of nitrogens with zero attached hydrogens (tertiary/aromatic N) is 1. The van der Waals surface area contributed by atoms with E-state index in [1.807, 2.05) is 0 Å². The first-order chi connectivity index (χ1) is 6.65. The van der Waals surface area contributed by atoms with Crippen LogP contribution in [-0.4, -0.2) is 49.3 Å². The fourth-order valence-electron chi connectivity index (χ4n) is 1.68. The Kier molecular flexibility index (Phi) is 4.31. The Morgan fingerprint density at radius 3 is 2.57 bits per heavy atom. The van der Waals surface area contributed by atoms with E-state index in [1.54, 1.807) is 0 Å². The molecule has 3 N–H and O–H groups in total. The maximum atomic E-state index is 11.3. The number of ether oxygens (including phenoxy) is 1. The molecule has 0 aromatic rings. The lowest BCUT2D eigenvalue weighted by molar-refractivity contribution is -0.126. The van der Waals surface area contributed by atoms with E-state index in [9.17, 15) is 4.79 Å². The van der Waals surface area contributed by atoms with Crippen LogP contribution in [0.25, 0.3) is 0 Å². The van der Waals surface area contributed by atoms with Gasteiger partial charge in [-0.15, -0.1) is 0 Å². The van der Waals surface area contributed by atoms with Gasteiger partial charge in [0.1, 0.15) is 0 Å². The third-order valence-corrected chi connectivity index (χ3v) is 2.48. The van der Waals surface area contributed by atoms with Crippen LogP contribution in [0.1, 0.15) is 13.8 Å². The van der Waals surface area contributed by atoms with Gasteiger partial charge in [0, 0.05) is 12.1 Å². The number of carbonyl (C=O) groups excluding carboxylic acids is 1. The molecule has 14 heavy (non-hydrogen) atoms. The topological polar surface area (TPSA) is 67.6 Å². The summed E-state index contributed by atoms with van der Waals surface area (Å²) < 4.78 is 5.37. The fourth-order valence-corrected chi connectivity index (χ4v) is 1.68. The summed E-state index contributed by atoms with van der Waals surface area (Å²) >= 11 is 0. The van der Waals surface area contributed by atoms with E-state index in [-0.39, 0.29) is 12.6 Å². The molecule has 1 fully saturated rings. The minimum absolute atomic E-state index is 0.0203. The van der Waals surface area contributed by atoms with E-state index in [0.717, 1.165) is 0 Å². The van der Waals surface area contributed by atoms with Crippen molar-refractivity contribution in [1.82, 2.24) is 10.2 Å². The van der Waals surface area contributed by atoms with Gasteiger partial charge in [0.15, 0.2) is 0 Å². The number of carbonyl (C=O) groups is 1. The summed E-state index contributed by atoms with van der Waals surface area (Å²) in [7, 11) is 0. The normalized spacial score (nSPS) is 28.8. The van der Waals surface area contributed by atoms with Crippen LogP contribution in [0.3, 0.4) is 0 Å². The highest BCUT2D eigenvalue weighted by Crippen LogP contribution is 2.11. The molecule has 1 saturated heterocycles. The van der Waals surface area contributed by atoms with Gasteiger partial charge in [-0.1, -0.05) is 0 Å². The zero-order valence-corrected chi connectivity index (χ0v) is 8.82. The lowest BCUT2D eigenvalue weighted by Gasteiger charge is -2.38. The molecular weight excluding hydrogens is 182 g/mol. The zero-order chi connectivity index (χ0) is 10.6. The van der Waals surface area contributed by atoms with Gasteiger partial charge in [0.25, 0.3) is 0 Å². The van der Waals surface area contributed by atoms with E-state index in [1.165, 1.54) is 0 Å². The van der Waals surface area contributed by atoms with Crippen molar-refractivity contribution in [3.8, 4) is 0 Å². The molecule has 0 aromatic carbocycles. The fraction of sp³-hybridized carbons (Fsp3) is 0.889. The van der Waals surface area contributed by atoms with Crippen molar-refractivity contribution in [2.24, 2.45) is 5.73 Å². The molecule has 1 rings (SSSR count). The Morgan fingerprint density at radius 1 is 1.50 bits per heavy atom. The summed E-state index contributed by atoms with van der Waals surface area (Å²) in [4.78, 5) is 13.5. The molecule has 1 heterocycles. The van der Waals surface area contributed by atoms with Crippen LogP contribution in [0.4, 0.5) is 0 Å². The Hall–Kier alpha value is -0.650. The van der Waals surface area contributed by atoms with Gasteiger partial charge in [0.05, 0.1) is 26.4 Å². The van der Waals surface area contributed by atoms with Gasteiger partial charge in [-0.3, -0.25) is 9.69 Å². The van der Waals surface area contributed by atoms with Gasteiger partial charge < -0.3 is 15.8 Å². The highest BCUT2D eigenvalue weighted by Gasteiger charge is 2.26. The lowest BCUT2D eigenvalue weighted by atomic mass is 10.2. The number of amides is 1. The van der Waals surface area contributed by atoms with E-state index < -0.39 is 0 Å². The second-order valence-corrected chi connectivity index (χ2v) is 3.71. The molecule has 0 saturated carbocycles. The van der Waals surface area contributed by atoms with E-state index in [2.05, 4.69) is 24.1 Å². The molecule has 0 radical (unpaired) electrons. The highest BCUT2D eigenvalue weighted by atomic mass is 16.5. The number of hydrogen-bond acceptors (Lipinski definition) is 4. The summed E-state index contributed by atoms with van der Waals surface area (Å²) in [6.45, 7) is 6.12. The monoisotopic (exact) mass is 201 g/mol. The molecule has 0 spiro atoms. The van der Waals surface area contributed by atoms with Crippen LogP contribution < -0.4 is 11.1 Å². The molecule has 2 atom stereocenters. The number of nitrogens with two attached hydrogens (primary N) is 1. The first-order valence-corrected chi connectivity index (χ1v) is 4.95. The minimum Gasteiger partial charge on any atom is -0.378 e. The van der Waals surface area contributed by atoms with E-state index >= 15 is 0 Å². The molecule has 5 nitrogen and oxygen atoms in total. The predicted octanol–water partition coefficient (Wildman–Crippen LogP) is -0.872. The third kappa shape index (κ3) is 2.94. The van der Waals surface area contributed by atoms with Crippen molar-refractivity contribution >= 4 is 5.91 Å². The molecular formula is C9H19N3O2. The van der Waals surface area contributed by atoms with Crippen molar-refractivity contribution in [3.63, 3.8) is 0 Å². The van der Waals surface area contributed by atoms with Crippen LogP contribution in [0.2, 0.25) is 0 Å². The molecule has 2 unspecified atom stereocenters. The summed E-state index contributed by atoms with van der Waals surface area (Å²) in [6.07, 6.45) is 0. The van der Waals surface area contributed by atoms with E-state index in [0.29, 0.717) is 31.8 Å². The summed E-state index contributed by atoms with van der Waals surface area (Å²) in [5, 5.41) is 2.59. The van der Waals surface area contributed by atoms with Crippen molar-refractivity contribution in [2.45, 2.75) is 25.9 Å². The van der Waals surface area contributed by atoms with E-state index in [4.69, 9.17) is 10.5 Å². The van der Waals surface area contributed by atoms with Gasteiger partial charge in [-0.05, 0) is 13.8 Å². The largest absolute Gasteiger partial charge is 0.378 e. The smallest absolute Gasteiger partial charge is 0.235 e. The summed E-state index contributed by atoms with van der Waals surface area (Å²) in [5.41, 5.74) is 5.23. The standard InChI is InChI=1S/C9H19N3O2/c1-7-4-14-5-8(2)12(7)3-9(13)11-6-10/h7-8H,3-6,10H2,1-2H3,(H,11,13). The van der Waals surface area contributed by atoms with Crippen molar-refractivity contribution < 1.29 is 9.53 Å². The second kappa shape index (κ2) is 5.29. The second-order valence-electron chi connectivity index (χ2n) is 3.71. The first kappa shape index (κ1) is 11.4. The van der Waals surface area contributed by atoms with Crippen LogP contribution in [0.5, 0.6) is 0 Å². The van der Waals surface area contributed by atoms with Crippen molar-refractivity contribution in [2.75, 3.05) is 26.4 Å². The maximum Gasteiger partial charge on any atom is 0.235 e. The Morgan fingerprint density at radius 2 is 2.07 bits per heavy atom. The molecule has 5 heteroatoms. The predicted molar refractivity (Wildman–Crippen MR) is 53.6 cm³/mol. The van der Waals surface area contributed by atoms with Crippen LogP contribution in [0, 0.1) is 0 Å². The van der Waals surface area contributed by atoms with Crippen molar-refractivity contribution in [1.29, 1.82) is 0 Å². The summed E-state index contributed by atoms with van der Waals surface area (Å²) in [6, 6.07) is 0.588. The Balaban J connectivity index is 2.43. The maximum absolute atomic E-state index is 11.3. The molecule has 1 aliphatic rings. The lowest BCUT2D eigenvalue weighted by Crippen LogP contribution is -2.53. The minimum atomic E-state index is -0.0203. The van der Waals surface area contributed by atoms with Crippen LogP contribution in [0.15, 0.2) is 0 Å². The van der Waals surface area contributed by atoms with Crippen LogP contribution >= 0.6 is 0 Å². The average molecular weight is 201 g/mol. The third-order valence-electron chi connectivity index (χ3n) is 2.48. The van der Waals surface area contributed by atoms with Gasteiger partial charge >= 0.3 is 0 Å². The SMILES string of the molecule is CC1COCC(C)N1CC(=O)NCN. The summed E-state index contributed by atoms with van der Waals surface area (Å²) in [5.74, 6) is -0.0203.